The number of halogens is 1. The third-order valence-electron chi connectivity index (χ3n) is 4.41. The van der Waals surface area contributed by atoms with Crippen molar-refractivity contribution in [2.24, 2.45) is 5.41 Å². The third kappa shape index (κ3) is 2.97. The largest absolute Gasteiger partial charge is 0.378 e. The number of alkyl halides is 1. The summed E-state index contributed by atoms with van der Waals surface area (Å²) < 4.78 is 6.05. The molecule has 2 heteroatoms. The highest BCUT2D eigenvalue weighted by Crippen LogP contribution is 2.50. The van der Waals surface area contributed by atoms with Crippen molar-refractivity contribution >= 4 is 15.9 Å². The van der Waals surface area contributed by atoms with Gasteiger partial charge in [0.05, 0.1) is 6.10 Å². The lowest BCUT2D eigenvalue weighted by Gasteiger charge is -2.51. The monoisotopic (exact) mass is 310 g/mol. The van der Waals surface area contributed by atoms with E-state index in [-0.39, 0.29) is 0 Å². The fourth-order valence-electron chi connectivity index (χ4n) is 2.62. The molecule has 1 aromatic carbocycles. The van der Waals surface area contributed by atoms with E-state index in [2.05, 4.69) is 60.1 Å². The second-order valence-electron chi connectivity index (χ2n) is 5.51. The molecule has 3 atom stereocenters. The van der Waals surface area contributed by atoms with E-state index in [1.807, 2.05) is 0 Å². The first-order valence-corrected chi connectivity index (χ1v) is 7.88. The summed E-state index contributed by atoms with van der Waals surface area (Å²) in [6, 6.07) is 10.6. The lowest BCUT2D eigenvalue weighted by molar-refractivity contribution is -0.0964. The molecule has 18 heavy (non-hydrogen) atoms. The van der Waals surface area contributed by atoms with E-state index in [9.17, 15) is 0 Å². The average molecular weight is 311 g/mol. The minimum absolute atomic E-state index is 0.340. The van der Waals surface area contributed by atoms with E-state index in [1.54, 1.807) is 0 Å². The summed E-state index contributed by atoms with van der Waals surface area (Å²) in [5, 5.41) is 0. The molecule has 1 aliphatic carbocycles. The number of hydrogen-bond donors (Lipinski definition) is 0. The summed E-state index contributed by atoms with van der Waals surface area (Å²) in [7, 11) is 0. The van der Waals surface area contributed by atoms with Gasteiger partial charge >= 0.3 is 0 Å². The fraction of sp³-hybridized carbons (Fsp3) is 0.625. The van der Waals surface area contributed by atoms with Gasteiger partial charge in [-0.15, -0.1) is 0 Å². The Morgan fingerprint density at radius 3 is 2.67 bits per heavy atom. The zero-order valence-corrected chi connectivity index (χ0v) is 12.9. The van der Waals surface area contributed by atoms with Crippen molar-refractivity contribution in [2.75, 3.05) is 6.61 Å². The Bertz CT molecular complexity index is 365. The van der Waals surface area contributed by atoms with E-state index in [0.29, 0.717) is 16.3 Å². The Morgan fingerprint density at radius 2 is 2.06 bits per heavy atom. The maximum absolute atomic E-state index is 6.05. The molecule has 2 rings (SSSR count). The van der Waals surface area contributed by atoms with Gasteiger partial charge < -0.3 is 4.74 Å². The molecule has 0 bridgehead atoms. The smallest absolute Gasteiger partial charge is 0.0650 e. The molecule has 0 aliphatic heterocycles. The molecule has 1 saturated carbocycles. The van der Waals surface area contributed by atoms with Crippen LogP contribution in [0.15, 0.2) is 30.3 Å². The molecule has 1 aliphatic rings. The van der Waals surface area contributed by atoms with Gasteiger partial charge in [0.25, 0.3) is 0 Å². The molecule has 0 radical (unpaired) electrons. The van der Waals surface area contributed by atoms with Gasteiger partial charge in [-0.25, -0.2) is 0 Å². The minimum atomic E-state index is 0.340. The maximum Gasteiger partial charge on any atom is 0.0650 e. The topological polar surface area (TPSA) is 9.23 Å². The molecule has 0 N–H and O–H groups in total. The highest BCUT2D eigenvalue weighted by atomic mass is 79.9. The molecule has 1 fully saturated rings. The summed E-state index contributed by atoms with van der Waals surface area (Å²) in [5.74, 6) is 0. The molecule has 0 spiro atoms. The second kappa shape index (κ2) is 6.21. The third-order valence-corrected chi connectivity index (χ3v) is 5.83. The Labute approximate surface area is 119 Å². The highest BCUT2D eigenvalue weighted by molar-refractivity contribution is 9.09. The predicted octanol–water partition coefficient (Wildman–Crippen LogP) is 4.59. The summed E-state index contributed by atoms with van der Waals surface area (Å²) >= 11 is 3.75. The van der Waals surface area contributed by atoms with Crippen molar-refractivity contribution in [1.82, 2.24) is 0 Å². The summed E-state index contributed by atoms with van der Waals surface area (Å²) in [6.45, 7) is 5.47. The number of benzene rings is 1. The van der Waals surface area contributed by atoms with Crippen molar-refractivity contribution in [3.05, 3.63) is 35.9 Å². The Balaban J connectivity index is 1.68. The first kappa shape index (κ1) is 14.1. The first-order valence-electron chi connectivity index (χ1n) is 6.96. The van der Waals surface area contributed by atoms with Gasteiger partial charge in [-0.1, -0.05) is 60.1 Å². The van der Waals surface area contributed by atoms with Crippen LogP contribution in [-0.4, -0.2) is 17.5 Å². The summed E-state index contributed by atoms with van der Waals surface area (Å²) in [5.41, 5.74) is 1.75. The average Bonchev–Trinajstić information content (AvgIpc) is 2.42. The highest BCUT2D eigenvalue weighted by Gasteiger charge is 2.49. The molecule has 1 aromatic rings. The number of hydrogen-bond acceptors (Lipinski definition) is 1. The molecule has 100 valence electrons. The molecule has 0 aromatic heterocycles. The van der Waals surface area contributed by atoms with Crippen LogP contribution in [0.2, 0.25) is 0 Å². The van der Waals surface area contributed by atoms with Crippen molar-refractivity contribution < 1.29 is 4.74 Å². The van der Waals surface area contributed by atoms with Crippen LogP contribution < -0.4 is 0 Å². The zero-order chi connectivity index (χ0) is 13.0. The van der Waals surface area contributed by atoms with Gasteiger partial charge in [0.1, 0.15) is 0 Å². The zero-order valence-electron chi connectivity index (χ0n) is 11.4. The molecule has 0 heterocycles. The van der Waals surface area contributed by atoms with E-state index in [4.69, 9.17) is 4.74 Å². The lowest BCUT2D eigenvalue weighted by Crippen LogP contribution is -2.53. The van der Waals surface area contributed by atoms with E-state index < -0.39 is 0 Å². The minimum Gasteiger partial charge on any atom is -0.378 e. The number of rotatable bonds is 6. The number of ether oxygens (including phenoxy) is 1. The second-order valence-corrected chi connectivity index (χ2v) is 6.62. The van der Waals surface area contributed by atoms with Gasteiger partial charge in [0.15, 0.2) is 0 Å². The van der Waals surface area contributed by atoms with Crippen LogP contribution >= 0.6 is 15.9 Å². The van der Waals surface area contributed by atoms with E-state index in [0.717, 1.165) is 25.9 Å². The van der Waals surface area contributed by atoms with E-state index >= 15 is 0 Å². The molecule has 3 unspecified atom stereocenters. The molecule has 0 amide bonds. The van der Waals surface area contributed by atoms with Gasteiger partial charge in [-0.3, -0.25) is 0 Å². The quantitative estimate of drug-likeness (QED) is 0.551. The Hall–Kier alpha value is -0.340. The summed E-state index contributed by atoms with van der Waals surface area (Å²) in [6.07, 6.45) is 5.03. The van der Waals surface area contributed by atoms with Crippen LogP contribution in [0.1, 0.15) is 38.7 Å². The molecular weight excluding hydrogens is 288 g/mol. The van der Waals surface area contributed by atoms with Crippen LogP contribution in [0.3, 0.4) is 0 Å². The van der Waals surface area contributed by atoms with Crippen molar-refractivity contribution in [3.63, 3.8) is 0 Å². The van der Waals surface area contributed by atoms with Gasteiger partial charge in [-0.2, -0.15) is 0 Å². The van der Waals surface area contributed by atoms with Crippen LogP contribution in [0.4, 0.5) is 0 Å². The van der Waals surface area contributed by atoms with Gasteiger partial charge in [-0.05, 0) is 31.2 Å². The van der Waals surface area contributed by atoms with Crippen LogP contribution in [-0.2, 0) is 11.2 Å². The van der Waals surface area contributed by atoms with Crippen LogP contribution in [0, 0.1) is 5.41 Å². The summed E-state index contributed by atoms with van der Waals surface area (Å²) in [4.78, 5) is 0.633. The van der Waals surface area contributed by atoms with E-state index in [1.165, 1.54) is 12.0 Å². The first-order chi connectivity index (χ1) is 8.66. The van der Waals surface area contributed by atoms with Crippen molar-refractivity contribution in [2.45, 2.75) is 50.5 Å². The van der Waals surface area contributed by atoms with Gasteiger partial charge in [0, 0.05) is 16.8 Å². The molecular formula is C16H23BrO. The SMILES string of the molecule is CCC1(C)C(Br)CC1OCCCc1ccccc1. The lowest BCUT2D eigenvalue weighted by atomic mass is 9.66. The fourth-order valence-corrected chi connectivity index (χ4v) is 3.58. The molecule has 1 nitrogen and oxygen atoms in total. The predicted molar refractivity (Wildman–Crippen MR) is 80.2 cm³/mol. The Morgan fingerprint density at radius 1 is 1.33 bits per heavy atom. The van der Waals surface area contributed by atoms with Crippen LogP contribution in [0.25, 0.3) is 0 Å². The maximum atomic E-state index is 6.05. The molecule has 0 saturated heterocycles. The van der Waals surface area contributed by atoms with Crippen molar-refractivity contribution in [1.29, 1.82) is 0 Å². The standard InChI is InChI=1S/C16H23BrO/c1-3-16(2)14(17)12-15(16)18-11-7-10-13-8-5-4-6-9-13/h4-6,8-9,14-15H,3,7,10-12H2,1-2H3. The van der Waals surface area contributed by atoms with Gasteiger partial charge in [0.2, 0.25) is 0 Å². The van der Waals surface area contributed by atoms with Crippen molar-refractivity contribution in [3.8, 4) is 0 Å². The number of aryl methyl sites for hydroxylation is 1. The Kier molecular flexibility index (Phi) is 4.85. The van der Waals surface area contributed by atoms with Crippen LogP contribution in [0.5, 0.6) is 0 Å². The normalized spacial score (nSPS) is 31.1.